The molecule has 0 saturated carbocycles. The van der Waals surface area contributed by atoms with Gasteiger partial charge in [0.05, 0.1) is 12.0 Å². The predicted octanol–water partition coefficient (Wildman–Crippen LogP) is 2.47. The standard InChI is InChI=1S/C19H20N2O6S/c1-25-13-7-12(8-14-17(13)27-11-26-14)9-15-18(23)21(19(24)28-15)10-16(22)20-5-3-2-4-6-20/h7-9H,2-6,10-11H2,1H3/b15-9-. The van der Waals surface area contributed by atoms with Gasteiger partial charge in [0.25, 0.3) is 11.1 Å². The van der Waals surface area contributed by atoms with Crippen molar-refractivity contribution in [1.82, 2.24) is 9.80 Å². The third-order valence-corrected chi connectivity index (χ3v) is 5.76. The lowest BCUT2D eigenvalue weighted by Crippen LogP contribution is -2.44. The fourth-order valence-corrected chi connectivity index (χ4v) is 4.24. The molecule has 0 atom stereocenters. The Bertz CT molecular complexity index is 862. The smallest absolute Gasteiger partial charge is 0.294 e. The first-order chi connectivity index (χ1) is 13.6. The summed E-state index contributed by atoms with van der Waals surface area (Å²) in [6.45, 7) is 1.25. The van der Waals surface area contributed by atoms with Gasteiger partial charge in [-0.05, 0) is 54.8 Å². The van der Waals surface area contributed by atoms with E-state index in [-0.39, 0.29) is 24.2 Å². The highest BCUT2D eigenvalue weighted by atomic mass is 32.2. The number of ether oxygens (including phenoxy) is 3. The van der Waals surface area contributed by atoms with Gasteiger partial charge in [0.15, 0.2) is 11.5 Å². The van der Waals surface area contributed by atoms with Gasteiger partial charge in [0.2, 0.25) is 18.4 Å². The highest BCUT2D eigenvalue weighted by molar-refractivity contribution is 8.18. The quantitative estimate of drug-likeness (QED) is 0.713. The first-order valence-electron chi connectivity index (χ1n) is 9.07. The number of benzene rings is 1. The highest BCUT2D eigenvalue weighted by Gasteiger charge is 2.37. The van der Waals surface area contributed by atoms with Crippen molar-refractivity contribution in [2.24, 2.45) is 0 Å². The van der Waals surface area contributed by atoms with Crippen LogP contribution in [0.3, 0.4) is 0 Å². The maximum Gasteiger partial charge on any atom is 0.294 e. The summed E-state index contributed by atoms with van der Waals surface area (Å²) in [6, 6.07) is 3.43. The van der Waals surface area contributed by atoms with Crippen LogP contribution in [-0.2, 0) is 9.59 Å². The van der Waals surface area contributed by atoms with Crippen molar-refractivity contribution < 1.29 is 28.6 Å². The van der Waals surface area contributed by atoms with E-state index in [1.807, 2.05) is 0 Å². The zero-order chi connectivity index (χ0) is 19.7. The van der Waals surface area contributed by atoms with Crippen molar-refractivity contribution in [3.8, 4) is 17.2 Å². The monoisotopic (exact) mass is 404 g/mol. The van der Waals surface area contributed by atoms with Crippen molar-refractivity contribution in [2.75, 3.05) is 33.5 Å². The van der Waals surface area contributed by atoms with E-state index in [0.29, 0.717) is 35.9 Å². The van der Waals surface area contributed by atoms with Gasteiger partial charge in [0.1, 0.15) is 6.54 Å². The number of piperidine rings is 1. The summed E-state index contributed by atoms with van der Waals surface area (Å²) in [4.78, 5) is 40.4. The molecule has 3 heterocycles. The molecular weight excluding hydrogens is 384 g/mol. The maximum atomic E-state index is 12.7. The molecule has 9 heteroatoms. The topological polar surface area (TPSA) is 85.4 Å². The first kappa shape index (κ1) is 18.7. The number of likely N-dealkylation sites (tertiary alicyclic amines) is 1. The predicted molar refractivity (Wildman–Crippen MR) is 102 cm³/mol. The molecule has 1 aromatic rings. The molecule has 3 amide bonds. The first-order valence-corrected chi connectivity index (χ1v) is 9.89. The molecule has 0 aromatic heterocycles. The van der Waals surface area contributed by atoms with E-state index in [1.165, 1.54) is 7.11 Å². The molecule has 0 bridgehead atoms. The second-order valence-electron chi connectivity index (χ2n) is 6.67. The number of fused-ring (bicyclic) bond motifs is 1. The van der Waals surface area contributed by atoms with Crippen molar-refractivity contribution in [3.63, 3.8) is 0 Å². The lowest BCUT2D eigenvalue weighted by molar-refractivity contribution is -0.136. The Kier molecular flexibility index (Phi) is 5.17. The number of thioether (sulfide) groups is 1. The van der Waals surface area contributed by atoms with Crippen LogP contribution in [0.4, 0.5) is 4.79 Å². The molecule has 4 rings (SSSR count). The van der Waals surface area contributed by atoms with Gasteiger partial charge in [0, 0.05) is 13.1 Å². The van der Waals surface area contributed by atoms with E-state index in [2.05, 4.69) is 0 Å². The summed E-state index contributed by atoms with van der Waals surface area (Å²) < 4.78 is 16.0. The van der Waals surface area contributed by atoms with Crippen LogP contribution in [0, 0.1) is 0 Å². The number of carbonyl (C=O) groups excluding carboxylic acids is 3. The molecular formula is C19H20N2O6S. The molecule has 2 fully saturated rings. The van der Waals surface area contributed by atoms with Crippen LogP contribution in [0.1, 0.15) is 24.8 Å². The van der Waals surface area contributed by atoms with Crippen LogP contribution in [0.2, 0.25) is 0 Å². The molecule has 2 saturated heterocycles. The maximum absolute atomic E-state index is 12.7. The van der Waals surface area contributed by atoms with E-state index in [1.54, 1.807) is 23.1 Å². The summed E-state index contributed by atoms with van der Waals surface area (Å²) >= 11 is 0.827. The van der Waals surface area contributed by atoms with Crippen molar-refractivity contribution >= 4 is 34.9 Å². The van der Waals surface area contributed by atoms with E-state index >= 15 is 0 Å². The number of nitrogens with zero attached hydrogens (tertiary/aromatic N) is 2. The minimum Gasteiger partial charge on any atom is -0.493 e. The Morgan fingerprint density at radius 3 is 2.75 bits per heavy atom. The largest absolute Gasteiger partial charge is 0.493 e. The van der Waals surface area contributed by atoms with E-state index in [9.17, 15) is 14.4 Å². The SMILES string of the molecule is COc1cc(/C=C2\SC(=O)N(CC(=O)N3CCCCC3)C2=O)cc2c1OCO2. The van der Waals surface area contributed by atoms with E-state index in [0.717, 1.165) is 35.9 Å². The Morgan fingerprint density at radius 1 is 1.21 bits per heavy atom. The van der Waals surface area contributed by atoms with Crippen LogP contribution < -0.4 is 14.2 Å². The van der Waals surface area contributed by atoms with E-state index in [4.69, 9.17) is 14.2 Å². The molecule has 28 heavy (non-hydrogen) atoms. The molecule has 0 aliphatic carbocycles. The van der Waals surface area contributed by atoms with E-state index < -0.39 is 11.1 Å². The number of methoxy groups -OCH3 is 1. The molecule has 1 aromatic carbocycles. The van der Waals surface area contributed by atoms with Crippen LogP contribution in [0.5, 0.6) is 17.2 Å². The van der Waals surface area contributed by atoms with Gasteiger partial charge in [-0.25, -0.2) is 0 Å². The average Bonchev–Trinajstić information content (AvgIpc) is 3.28. The number of imide groups is 1. The third kappa shape index (κ3) is 3.54. The second kappa shape index (κ2) is 7.75. The van der Waals surface area contributed by atoms with Gasteiger partial charge in [-0.1, -0.05) is 0 Å². The molecule has 3 aliphatic heterocycles. The summed E-state index contributed by atoms with van der Waals surface area (Å²) in [5, 5.41) is -0.436. The Morgan fingerprint density at radius 2 is 2.00 bits per heavy atom. The van der Waals surface area contributed by atoms with Crippen LogP contribution >= 0.6 is 11.8 Å². The van der Waals surface area contributed by atoms with Crippen LogP contribution in [-0.4, -0.2) is 60.4 Å². The second-order valence-corrected chi connectivity index (χ2v) is 7.66. The van der Waals surface area contributed by atoms with Gasteiger partial charge in [-0.15, -0.1) is 0 Å². The number of hydrogen-bond acceptors (Lipinski definition) is 7. The minimum absolute atomic E-state index is 0.101. The lowest BCUT2D eigenvalue weighted by Gasteiger charge is -2.27. The van der Waals surface area contributed by atoms with Crippen molar-refractivity contribution in [3.05, 3.63) is 22.6 Å². The van der Waals surface area contributed by atoms with Crippen LogP contribution in [0.25, 0.3) is 6.08 Å². The summed E-state index contributed by atoms with van der Waals surface area (Å²) in [5.74, 6) is 0.871. The molecule has 0 N–H and O–H groups in total. The van der Waals surface area contributed by atoms with Crippen molar-refractivity contribution in [1.29, 1.82) is 0 Å². The number of carbonyl (C=O) groups is 3. The molecule has 3 aliphatic rings. The van der Waals surface area contributed by atoms with Crippen molar-refractivity contribution in [2.45, 2.75) is 19.3 Å². The van der Waals surface area contributed by atoms with Crippen LogP contribution in [0.15, 0.2) is 17.0 Å². The molecule has 0 unspecified atom stereocenters. The van der Waals surface area contributed by atoms with Gasteiger partial charge >= 0.3 is 0 Å². The Hall–Kier alpha value is -2.68. The Balaban J connectivity index is 1.51. The fraction of sp³-hybridized carbons (Fsp3) is 0.421. The lowest BCUT2D eigenvalue weighted by atomic mass is 10.1. The van der Waals surface area contributed by atoms with Gasteiger partial charge in [-0.3, -0.25) is 19.3 Å². The zero-order valence-electron chi connectivity index (χ0n) is 15.4. The third-order valence-electron chi connectivity index (χ3n) is 4.85. The highest BCUT2D eigenvalue weighted by Crippen LogP contribution is 2.43. The molecule has 148 valence electrons. The number of amides is 3. The zero-order valence-corrected chi connectivity index (χ0v) is 16.3. The number of rotatable bonds is 4. The normalized spacial score (nSPS) is 20.2. The van der Waals surface area contributed by atoms with Gasteiger partial charge in [-0.2, -0.15) is 0 Å². The van der Waals surface area contributed by atoms with Gasteiger partial charge < -0.3 is 19.1 Å². The number of hydrogen-bond donors (Lipinski definition) is 0. The molecule has 0 spiro atoms. The average molecular weight is 404 g/mol. The summed E-state index contributed by atoms with van der Waals surface area (Å²) in [7, 11) is 1.52. The molecule has 8 nitrogen and oxygen atoms in total. The Labute approximate surface area is 166 Å². The molecule has 0 radical (unpaired) electrons. The summed E-state index contributed by atoms with van der Waals surface area (Å²) in [6.07, 6.45) is 4.62. The summed E-state index contributed by atoms with van der Waals surface area (Å²) in [5.41, 5.74) is 0.647. The fourth-order valence-electron chi connectivity index (χ4n) is 3.40. The minimum atomic E-state index is -0.461.